The van der Waals surface area contributed by atoms with Crippen LogP contribution >= 0.6 is 0 Å². The zero-order valence-electron chi connectivity index (χ0n) is 7.67. The standard InChI is InChI=1S/C9H12N2O3/c12-9(13)8-2-1-7(14-8)5-11-4-3-10-6-11/h3-4,6-8H,1-2,5H2,(H,12,13)/t7-,8+/m0/s1. The average molecular weight is 196 g/mol. The van der Waals surface area contributed by atoms with Gasteiger partial charge in [0.1, 0.15) is 0 Å². The molecule has 2 atom stereocenters. The highest BCUT2D eigenvalue weighted by molar-refractivity contribution is 5.72. The molecule has 2 heterocycles. The maximum Gasteiger partial charge on any atom is 0.332 e. The molecule has 0 radical (unpaired) electrons. The summed E-state index contributed by atoms with van der Waals surface area (Å²) in [4.78, 5) is 14.5. The number of nitrogens with zero attached hydrogens (tertiary/aromatic N) is 2. The lowest BCUT2D eigenvalue weighted by Crippen LogP contribution is -2.22. The van der Waals surface area contributed by atoms with Crippen molar-refractivity contribution in [2.75, 3.05) is 0 Å². The van der Waals surface area contributed by atoms with Crippen molar-refractivity contribution < 1.29 is 14.6 Å². The molecule has 1 aliphatic heterocycles. The molecule has 76 valence electrons. The molecule has 1 aromatic heterocycles. The van der Waals surface area contributed by atoms with Gasteiger partial charge in [0, 0.05) is 18.9 Å². The van der Waals surface area contributed by atoms with E-state index in [1.54, 1.807) is 12.5 Å². The number of hydrogen-bond acceptors (Lipinski definition) is 3. The lowest BCUT2D eigenvalue weighted by atomic mass is 10.2. The summed E-state index contributed by atoms with van der Waals surface area (Å²) in [5.74, 6) is -0.863. The monoisotopic (exact) mass is 196 g/mol. The van der Waals surface area contributed by atoms with Crippen molar-refractivity contribution in [3.8, 4) is 0 Å². The summed E-state index contributed by atoms with van der Waals surface area (Å²) >= 11 is 0. The Morgan fingerprint density at radius 3 is 3.07 bits per heavy atom. The second kappa shape index (κ2) is 3.79. The Kier molecular flexibility index (Phi) is 2.49. The van der Waals surface area contributed by atoms with Crippen LogP contribution in [0.25, 0.3) is 0 Å². The third kappa shape index (κ3) is 1.93. The number of aromatic nitrogens is 2. The van der Waals surface area contributed by atoms with Gasteiger partial charge in [-0.15, -0.1) is 0 Å². The molecule has 1 saturated heterocycles. The molecule has 0 unspecified atom stereocenters. The van der Waals surface area contributed by atoms with Crippen LogP contribution in [0.2, 0.25) is 0 Å². The summed E-state index contributed by atoms with van der Waals surface area (Å²) in [5, 5.41) is 8.71. The van der Waals surface area contributed by atoms with Gasteiger partial charge in [0.2, 0.25) is 0 Å². The predicted octanol–water partition coefficient (Wildman–Crippen LogP) is 0.515. The van der Waals surface area contributed by atoms with Crippen LogP contribution in [-0.4, -0.2) is 32.8 Å². The maximum absolute atomic E-state index is 10.6. The van der Waals surface area contributed by atoms with Gasteiger partial charge in [0.05, 0.1) is 12.4 Å². The molecule has 1 fully saturated rings. The van der Waals surface area contributed by atoms with Crippen LogP contribution < -0.4 is 0 Å². The molecule has 0 aliphatic carbocycles. The molecule has 5 heteroatoms. The quantitative estimate of drug-likeness (QED) is 0.765. The fraction of sp³-hybridized carbons (Fsp3) is 0.556. The first-order valence-corrected chi connectivity index (χ1v) is 4.59. The number of imidazole rings is 1. The van der Waals surface area contributed by atoms with Gasteiger partial charge in [-0.05, 0) is 12.8 Å². The summed E-state index contributed by atoms with van der Waals surface area (Å²) in [6, 6.07) is 0. The lowest BCUT2D eigenvalue weighted by Gasteiger charge is -2.11. The fourth-order valence-corrected chi connectivity index (χ4v) is 1.65. The Morgan fingerprint density at radius 2 is 2.50 bits per heavy atom. The Hall–Kier alpha value is -1.36. The van der Waals surface area contributed by atoms with Crippen LogP contribution in [0.5, 0.6) is 0 Å². The molecule has 1 aromatic rings. The van der Waals surface area contributed by atoms with E-state index in [9.17, 15) is 4.79 Å². The van der Waals surface area contributed by atoms with Gasteiger partial charge in [-0.2, -0.15) is 0 Å². The zero-order chi connectivity index (χ0) is 9.97. The first-order valence-electron chi connectivity index (χ1n) is 4.59. The van der Waals surface area contributed by atoms with Gasteiger partial charge < -0.3 is 14.4 Å². The molecule has 0 bridgehead atoms. The van der Waals surface area contributed by atoms with Crippen LogP contribution in [0.4, 0.5) is 0 Å². The van der Waals surface area contributed by atoms with E-state index in [-0.39, 0.29) is 6.10 Å². The molecule has 1 N–H and O–H groups in total. The third-order valence-electron chi connectivity index (χ3n) is 2.36. The van der Waals surface area contributed by atoms with Gasteiger partial charge in [-0.25, -0.2) is 9.78 Å². The van der Waals surface area contributed by atoms with E-state index in [2.05, 4.69) is 4.98 Å². The van der Waals surface area contributed by atoms with Gasteiger partial charge >= 0.3 is 5.97 Å². The second-order valence-corrected chi connectivity index (χ2v) is 3.42. The summed E-state index contributed by atoms with van der Waals surface area (Å²) in [5.41, 5.74) is 0. The third-order valence-corrected chi connectivity index (χ3v) is 2.36. The van der Waals surface area contributed by atoms with Crippen molar-refractivity contribution in [2.24, 2.45) is 0 Å². The minimum Gasteiger partial charge on any atom is -0.479 e. The van der Waals surface area contributed by atoms with Crippen LogP contribution in [0.3, 0.4) is 0 Å². The summed E-state index contributed by atoms with van der Waals surface area (Å²) in [7, 11) is 0. The average Bonchev–Trinajstić information content (AvgIpc) is 2.75. The van der Waals surface area contributed by atoms with E-state index in [0.717, 1.165) is 6.42 Å². The van der Waals surface area contributed by atoms with Crippen molar-refractivity contribution in [1.82, 2.24) is 9.55 Å². The zero-order valence-corrected chi connectivity index (χ0v) is 7.67. The van der Waals surface area contributed by atoms with E-state index in [1.165, 1.54) is 0 Å². The number of ether oxygens (including phenoxy) is 1. The van der Waals surface area contributed by atoms with Crippen molar-refractivity contribution in [2.45, 2.75) is 31.6 Å². The second-order valence-electron chi connectivity index (χ2n) is 3.42. The first-order chi connectivity index (χ1) is 6.75. The van der Waals surface area contributed by atoms with Crippen LogP contribution in [0.1, 0.15) is 12.8 Å². The van der Waals surface area contributed by atoms with E-state index < -0.39 is 12.1 Å². The molecule has 0 amide bonds. The number of carboxylic acid groups (broad SMARTS) is 1. The SMILES string of the molecule is O=C(O)[C@H]1CC[C@@H](Cn2ccnc2)O1. The predicted molar refractivity (Wildman–Crippen MR) is 47.8 cm³/mol. The topological polar surface area (TPSA) is 64.3 Å². The van der Waals surface area contributed by atoms with E-state index in [0.29, 0.717) is 13.0 Å². The van der Waals surface area contributed by atoms with Crippen molar-refractivity contribution in [3.63, 3.8) is 0 Å². The van der Waals surface area contributed by atoms with E-state index in [1.807, 2.05) is 10.8 Å². The minimum absolute atomic E-state index is 0.00491. The van der Waals surface area contributed by atoms with Gasteiger partial charge in [0.25, 0.3) is 0 Å². The number of carbonyl (C=O) groups is 1. The normalized spacial score (nSPS) is 26.6. The molecule has 5 nitrogen and oxygen atoms in total. The number of carboxylic acids is 1. The molecule has 2 rings (SSSR count). The summed E-state index contributed by atoms with van der Waals surface area (Å²) in [6.07, 6.45) is 6.04. The molecule has 0 aromatic carbocycles. The Balaban J connectivity index is 1.87. The molecular formula is C9H12N2O3. The van der Waals surface area contributed by atoms with Crippen LogP contribution in [0.15, 0.2) is 18.7 Å². The van der Waals surface area contributed by atoms with Crippen molar-refractivity contribution in [1.29, 1.82) is 0 Å². The lowest BCUT2D eigenvalue weighted by molar-refractivity contribution is -0.149. The van der Waals surface area contributed by atoms with Gasteiger partial charge in [-0.3, -0.25) is 0 Å². The molecule has 14 heavy (non-hydrogen) atoms. The Bertz CT molecular complexity index is 310. The first kappa shape index (κ1) is 9.21. The molecule has 0 saturated carbocycles. The van der Waals surface area contributed by atoms with E-state index >= 15 is 0 Å². The Labute approximate surface area is 81.3 Å². The minimum atomic E-state index is -0.863. The van der Waals surface area contributed by atoms with Crippen molar-refractivity contribution >= 4 is 5.97 Å². The number of aliphatic carboxylic acids is 1. The van der Waals surface area contributed by atoms with Crippen LogP contribution in [-0.2, 0) is 16.1 Å². The molecule has 0 spiro atoms. The number of rotatable bonds is 3. The number of hydrogen-bond donors (Lipinski definition) is 1. The fourth-order valence-electron chi connectivity index (χ4n) is 1.65. The maximum atomic E-state index is 10.6. The molecule has 1 aliphatic rings. The summed E-state index contributed by atoms with van der Waals surface area (Å²) in [6.45, 7) is 0.684. The Morgan fingerprint density at radius 1 is 1.64 bits per heavy atom. The highest BCUT2D eigenvalue weighted by atomic mass is 16.5. The van der Waals surface area contributed by atoms with Crippen LogP contribution in [0, 0.1) is 0 Å². The largest absolute Gasteiger partial charge is 0.479 e. The van der Waals surface area contributed by atoms with Crippen molar-refractivity contribution in [3.05, 3.63) is 18.7 Å². The smallest absolute Gasteiger partial charge is 0.332 e. The highest BCUT2D eigenvalue weighted by Crippen LogP contribution is 2.20. The van der Waals surface area contributed by atoms with E-state index in [4.69, 9.17) is 9.84 Å². The highest BCUT2D eigenvalue weighted by Gasteiger charge is 2.30. The van der Waals surface area contributed by atoms with Gasteiger partial charge in [-0.1, -0.05) is 0 Å². The van der Waals surface area contributed by atoms with Gasteiger partial charge in [0.15, 0.2) is 6.10 Å². The summed E-state index contributed by atoms with van der Waals surface area (Å²) < 4.78 is 7.25. The molecular weight excluding hydrogens is 184 g/mol.